The molecule has 0 atom stereocenters. The van der Waals surface area contributed by atoms with Gasteiger partial charge in [-0.1, -0.05) is 23.2 Å². The number of hydrogen-bond acceptors (Lipinski definition) is 4. The highest BCUT2D eigenvalue weighted by Gasteiger charge is 2.32. The number of anilines is 2. The van der Waals surface area contributed by atoms with Crippen LogP contribution in [0.3, 0.4) is 0 Å². The molecule has 5 nitrogen and oxygen atoms in total. The highest BCUT2D eigenvalue weighted by molar-refractivity contribution is 6.36. The van der Waals surface area contributed by atoms with E-state index < -0.39 is 17.6 Å². The van der Waals surface area contributed by atoms with Gasteiger partial charge in [0, 0.05) is 18.1 Å². The van der Waals surface area contributed by atoms with Crippen molar-refractivity contribution in [1.29, 1.82) is 0 Å². The number of nitrogens with zero attached hydrogens (tertiary/aromatic N) is 1. The van der Waals surface area contributed by atoms with Crippen molar-refractivity contribution in [1.82, 2.24) is 0 Å². The van der Waals surface area contributed by atoms with Gasteiger partial charge in [0.25, 0.3) is 5.91 Å². The molecular formula is C19H17Cl2F3N2O3. The standard InChI is InChI=1S/C19H17Cl2F3N2O3/c1-28-17-13(9-12(20)10-14(17)21)18(27)25-15-8-11(19(22,23)24)2-3-16(15)26-4-6-29-7-5-26/h2-3,8-10H,4-7H2,1H3,(H,25,27). The van der Waals surface area contributed by atoms with Crippen molar-refractivity contribution in [2.75, 3.05) is 43.6 Å². The SMILES string of the molecule is COc1c(Cl)cc(Cl)cc1C(=O)Nc1cc(C(F)(F)F)ccc1N1CCOCC1. The largest absolute Gasteiger partial charge is 0.494 e. The second-order valence-electron chi connectivity index (χ2n) is 6.25. The number of hydrogen-bond donors (Lipinski definition) is 1. The lowest BCUT2D eigenvalue weighted by molar-refractivity contribution is -0.137. The van der Waals surface area contributed by atoms with Crippen LogP contribution >= 0.6 is 23.2 Å². The Kier molecular flexibility index (Phi) is 6.45. The van der Waals surface area contributed by atoms with Crippen molar-refractivity contribution in [3.8, 4) is 5.75 Å². The first-order chi connectivity index (χ1) is 13.7. The maximum Gasteiger partial charge on any atom is 0.416 e. The van der Waals surface area contributed by atoms with E-state index in [1.807, 2.05) is 4.90 Å². The minimum Gasteiger partial charge on any atom is -0.494 e. The molecule has 29 heavy (non-hydrogen) atoms. The summed E-state index contributed by atoms with van der Waals surface area (Å²) in [7, 11) is 1.33. The second kappa shape index (κ2) is 8.69. The number of nitrogens with one attached hydrogen (secondary N) is 1. The van der Waals surface area contributed by atoms with Crippen molar-refractivity contribution in [3.05, 3.63) is 51.5 Å². The van der Waals surface area contributed by atoms with Crippen LogP contribution in [0.4, 0.5) is 24.5 Å². The smallest absolute Gasteiger partial charge is 0.416 e. The van der Waals surface area contributed by atoms with Gasteiger partial charge < -0.3 is 19.7 Å². The Morgan fingerprint density at radius 2 is 1.86 bits per heavy atom. The lowest BCUT2D eigenvalue weighted by atomic mass is 10.1. The number of amides is 1. The van der Waals surface area contributed by atoms with Gasteiger partial charge in [-0.3, -0.25) is 4.79 Å². The van der Waals surface area contributed by atoms with Gasteiger partial charge in [-0.05, 0) is 30.3 Å². The molecule has 1 fully saturated rings. The van der Waals surface area contributed by atoms with E-state index in [2.05, 4.69) is 5.32 Å². The summed E-state index contributed by atoms with van der Waals surface area (Å²) in [5.74, 6) is -0.617. The van der Waals surface area contributed by atoms with Gasteiger partial charge in [0.05, 0.1) is 47.8 Å². The van der Waals surface area contributed by atoms with E-state index in [0.29, 0.717) is 32.0 Å². The topological polar surface area (TPSA) is 50.8 Å². The minimum absolute atomic E-state index is 0.00957. The Labute approximate surface area is 175 Å². The Morgan fingerprint density at radius 3 is 2.48 bits per heavy atom. The van der Waals surface area contributed by atoms with Crippen molar-refractivity contribution < 1.29 is 27.4 Å². The van der Waals surface area contributed by atoms with E-state index in [4.69, 9.17) is 32.7 Å². The van der Waals surface area contributed by atoms with Gasteiger partial charge >= 0.3 is 6.18 Å². The number of rotatable bonds is 4. The molecule has 1 saturated heterocycles. The number of carbonyl (C=O) groups excluding carboxylic acids is 1. The van der Waals surface area contributed by atoms with Crippen LogP contribution in [-0.2, 0) is 10.9 Å². The fourth-order valence-electron chi connectivity index (χ4n) is 3.02. The van der Waals surface area contributed by atoms with Crippen LogP contribution < -0.4 is 15.0 Å². The molecule has 2 aromatic rings. The summed E-state index contributed by atoms with van der Waals surface area (Å²) < 4.78 is 50.1. The average molecular weight is 449 g/mol. The summed E-state index contributed by atoms with van der Waals surface area (Å²) in [6.45, 7) is 1.85. The number of ether oxygens (including phenoxy) is 2. The Hall–Kier alpha value is -2.16. The number of carbonyl (C=O) groups is 1. The van der Waals surface area contributed by atoms with E-state index in [1.165, 1.54) is 25.3 Å². The summed E-state index contributed by atoms with van der Waals surface area (Å²) in [5, 5.41) is 2.85. The number of benzene rings is 2. The predicted molar refractivity (Wildman–Crippen MR) is 105 cm³/mol. The van der Waals surface area contributed by atoms with Crippen LogP contribution in [0.1, 0.15) is 15.9 Å². The fourth-order valence-corrected chi connectivity index (χ4v) is 3.59. The van der Waals surface area contributed by atoms with Crippen LogP contribution in [-0.4, -0.2) is 39.3 Å². The van der Waals surface area contributed by atoms with Gasteiger partial charge in [0.2, 0.25) is 0 Å². The Balaban J connectivity index is 2.01. The quantitative estimate of drug-likeness (QED) is 0.705. The van der Waals surface area contributed by atoms with Crippen molar-refractivity contribution >= 4 is 40.5 Å². The first-order valence-corrected chi connectivity index (χ1v) is 9.34. The molecule has 0 unspecified atom stereocenters. The molecular weight excluding hydrogens is 432 g/mol. The van der Waals surface area contributed by atoms with Crippen LogP contribution in [0.15, 0.2) is 30.3 Å². The molecule has 1 heterocycles. The summed E-state index contributed by atoms with van der Waals surface area (Å²) in [6.07, 6.45) is -4.56. The Bertz CT molecular complexity index is 916. The zero-order chi connectivity index (χ0) is 21.2. The van der Waals surface area contributed by atoms with Crippen LogP contribution in [0.2, 0.25) is 10.0 Å². The molecule has 0 bridgehead atoms. The summed E-state index contributed by atoms with van der Waals surface area (Å²) in [6, 6.07) is 5.97. The molecule has 2 aromatic carbocycles. The molecule has 0 spiro atoms. The summed E-state index contributed by atoms with van der Waals surface area (Å²) in [4.78, 5) is 14.7. The number of morpholine rings is 1. The van der Waals surface area contributed by atoms with Gasteiger partial charge in [-0.25, -0.2) is 0 Å². The Morgan fingerprint density at radius 1 is 1.17 bits per heavy atom. The molecule has 0 radical (unpaired) electrons. The van der Waals surface area contributed by atoms with E-state index in [0.717, 1.165) is 12.1 Å². The van der Waals surface area contributed by atoms with Gasteiger partial charge in [-0.2, -0.15) is 13.2 Å². The predicted octanol–water partition coefficient (Wildman–Crippen LogP) is 5.11. The lowest BCUT2D eigenvalue weighted by Crippen LogP contribution is -2.36. The van der Waals surface area contributed by atoms with E-state index in [9.17, 15) is 18.0 Å². The molecule has 0 aromatic heterocycles. The van der Waals surface area contributed by atoms with Crippen molar-refractivity contribution in [2.24, 2.45) is 0 Å². The lowest BCUT2D eigenvalue weighted by Gasteiger charge is -2.31. The normalized spacial score (nSPS) is 14.6. The molecule has 0 aliphatic carbocycles. The van der Waals surface area contributed by atoms with Crippen LogP contribution in [0, 0.1) is 0 Å². The van der Waals surface area contributed by atoms with E-state index >= 15 is 0 Å². The van der Waals surface area contributed by atoms with Gasteiger partial charge in [-0.15, -0.1) is 0 Å². The molecule has 1 aliphatic rings. The molecule has 1 aliphatic heterocycles. The maximum atomic E-state index is 13.2. The number of alkyl halides is 3. The molecule has 1 amide bonds. The van der Waals surface area contributed by atoms with Crippen molar-refractivity contribution in [3.63, 3.8) is 0 Å². The first-order valence-electron chi connectivity index (χ1n) is 8.59. The maximum absolute atomic E-state index is 13.2. The molecule has 3 rings (SSSR count). The van der Waals surface area contributed by atoms with E-state index in [-0.39, 0.29) is 27.0 Å². The second-order valence-corrected chi connectivity index (χ2v) is 7.10. The zero-order valence-electron chi connectivity index (χ0n) is 15.3. The third-order valence-corrected chi connectivity index (χ3v) is 4.88. The fraction of sp³-hybridized carbons (Fsp3) is 0.316. The first kappa shape index (κ1) is 21.5. The summed E-state index contributed by atoms with van der Waals surface area (Å²) in [5.41, 5.74) is -0.386. The number of halogens is 5. The molecule has 10 heteroatoms. The van der Waals surface area contributed by atoms with Crippen LogP contribution in [0.5, 0.6) is 5.75 Å². The van der Waals surface area contributed by atoms with Crippen molar-refractivity contribution in [2.45, 2.75) is 6.18 Å². The summed E-state index contributed by atoms with van der Waals surface area (Å²) >= 11 is 12.0. The monoisotopic (exact) mass is 448 g/mol. The number of methoxy groups -OCH3 is 1. The van der Waals surface area contributed by atoms with Gasteiger partial charge in [0.15, 0.2) is 0 Å². The third kappa shape index (κ3) is 4.88. The highest BCUT2D eigenvalue weighted by Crippen LogP contribution is 2.37. The molecule has 156 valence electrons. The zero-order valence-corrected chi connectivity index (χ0v) is 16.8. The third-order valence-electron chi connectivity index (χ3n) is 4.38. The minimum atomic E-state index is -4.56. The highest BCUT2D eigenvalue weighted by atomic mass is 35.5. The molecule has 0 saturated carbocycles. The van der Waals surface area contributed by atoms with Gasteiger partial charge in [0.1, 0.15) is 5.75 Å². The van der Waals surface area contributed by atoms with E-state index in [1.54, 1.807) is 0 Å². The average Bonchev–Trinajstić information content (AvgIpc) is 2.67. The van der Waals surface area contributed by atoms with Crippen LogP contribution in [0.25, 0.3) is 0 Å². The molecule has 1 N–H and O–H groups in total.